The van der Waals surface area contributed by atoms with Gasteiger partial charge >= 0.3 is 12.1 Å². The van der Waals surface area contributed by atoms with Crippen molar-refractivity contribution >= 4 is 40.4 Å². The zero-order valence-corrected chi connectivity index (χ0v) is 22.7. The molecule has 1 fully saturated rings. The van der Waals surface area contributed by atoms with Gasteiger partial charge in [-0.25, -0.2) is 14.6 Å². The Morgan fingerprint density at radius 3 is 2.68 bits per heavy atom. The van der Waals surface area contributed by atoms with Crippen LogP contribution in [0, 0.1) is 0 Å². The Balaban J connectivity index is 1.31. The SMILES string of the molecule is COc1nc(NC(=O)N2CCc3c(N4CCN(C(=O)OC(C)(C)C)[C@H](C)C4)ccnc32)cc2cn(C)nc12. The highest BCUT2D eigenvalue weighted by atomic mass is 16.6. The first-order chi connectivity index (χ1) is 18.0. The summed E-state index contributed by atoms with van der Waals surface area (Å²) in [5, 5.41) is 8.07. The molecule has 2 aliphatic heterocycles. The fraction of sp³-hybridized carbons (Fsp3) is 0.500. The molecule has 12 heteroatoms. The van der Waals surface area contributed by atoms with Crippen LogP contribution in [-0.4, -0.2) is 81.7 Å². The normalized spacial score (nSPS) is 17.5. The van der Waals surface area contributed by atoms with Crippen molar-refractivity contribution in [1.29, 1.82) is 0 Å². The van der Waals surface area contributed by atoms with E-state index in [1.165, 1.54) is 7.11 Å². The van der Waals surface area contributed by atoms with Crippen LogP contribution in [0.5, 0.6) is 5.88 Å². The van der Waals surface area contributed by atoms with Gasteiger partial charge in [0.25, 0.3) is 0 Å². The Bertz CT molecular complexity index is 1380. The Morgan fingerprint density at radius 1 is 1.18 bits per heavy atom. The molecule has 38 heavy (non-hydrogen) atoms. The van der Waals surface area contributed by atoms with Crippen molar-refractivity contribution in [1.82, 2.24) is 24.6 Å². The Labute approximate surface area is 221 Å². The van der Waals surface area contributed by atoms with Crippen molar-refractivity contribution in [2.24, 2.45) is 7.05 Å². The number of amides is 3. The predicted molar refractivity (Wildman–Crippen MR) is 144 cm³/mol. The van der Waals surface area contributed by atoms with Crippen LogP contribution in [0.3, 0.4) is 0 Å². The highest BCUT2D eigenvalue weighted by Gasteiger charge is 2.34. The van der Waals surface area contributed by atoms with Crippen LogP contribution >= 0.6 is 0 Å². The van der Waals surface area contributed by atoms with E-state index in [-0.39, 0.29) is 18.2 Å². The Morgan fingerprint density at radius 2 is 1.97 bits per heavy atom. The second-order valence-electron chi connectivity index (χ2n) is 10.7. The second-order valence-corrected chi connectivity index (χ2v) is 10.7. The Kier molecular flexibility index (Phi) is 6.49. The first-order valence-corrected chi connectivity index (χ1v) is 12.7. The van der Waals surface area contributed by atoms with E-state index in [4.69, 9.17) is 9.47 Å². The molecule has 0 saturated carbocycles. The van der Waals surface area contributed by atoms with E-state index in [0.29, 0.717) is 55.6 Å². The number of urea groups is 1. The molecule has 12 nitrogen and oxygen atoms in total. The lowest BCUT2D eigenvalue weighted by atomic mass is 10.1. The highest BCUT2D eigenvalue weighted by molar-refractivity contribution is 6.03. The number of nitrogens with zero attached hydrogens (tertiary/aromatic N) is 7. The number of aromatic nitrogens is 4. The van der Waals surface area contributed by atoms with Gasteiger partial charge in [-0.15, -0.1) is 0 Å². The molecule has 0 unspecified atom stereocenters. The minimum absolute atomic E-state index is 0.0216. The standard InChI is InChI=1S/C26H34N8O4/c1-16-14-32(11-12-33(16)25(36)38-26(2,3)4)19-7-9-27-22-18(19)8-10-34(22)24(35)29-20-13-17-15-31(5)30-21(17)23(28-20)37-6/h7,9,13,15-16H,8,10-12,14H2,1-6H3,(H,29,35)/t16-/m1/s1. The number of carbonyl (C=O) groups excluding carboxylic acids is 2. The number of anilines is 3. The van der Waals surface area contributed by atoms with Crippen molar-refractivity contribution < 1.29 is 19.1 Å². The molecule has 1 N–H and O–H groups in total. The van der Waals surface area contributed by atoms with Crippen molar-refractivity contribution in [3.05, 3.63) is 30.1 Å². The van der Waals surface area contributed by atoms with E-state index >= 15 is 0 Å². The van der Waals surface area contributed by atoms with Gasteiger partial charge in [0.1, 0.15) is 17.2 Å². The van der Waals surface area contributed by atoms with E-state index in [1.54, 1.807) is 26.7 Å². The van der Waals surface area contributed by atoms with Crippen LogP contribution in [-0.2, 0) is 18.2 Å². The fourth-order valence-electron chi connectivity index (χ4n) is 5.04. The number of pyridine rings is 2. The third-order valence-electron chi connectivity index (χ3n) is 6.69. The summed E-state index contributed by atoms with van der Waals surface area (Å²) in [4.78, 5) is 40.6. The molecule has 3 aromatic heterocycles. The number of ether oxygens (including phenoxy) is 2. The van der Waals surface area contributed by atoms with Crippen molar-refractivity contribution in [2.45, 2.75) is 45.8 Å². The maximum Gasteiger partial charge on any atom is 0.410 e. The van der Waals surface area contributed by atoms with E-state index in [2.05, 4.69) is 25.3 Å². The second kappa shape index (κ2) is 9.66. The van der Waals surface area contributed by atoms with Gasteiger partial charge in [0.15, 0.2) is 5.52 Å². The van der Waals surface area contributed by atoms with Crippen molar-refractivity contribution in [2.75, 3.05) is 48.4 Å². The zero-order chi connectivity index (χ0) is 27.2. The number of rotatable bonds is 3. The van der Waals surface area contributed by atoms with Gasteiger partial charge < -0.3 is 19.3 Å². The summed E-state index contributed by atoms with van der Waals surface area (Å²) in [5.41, 5.74) is 2.16. The van der Waals surface area contributed by atoms with Gasteiger partial charge in [-0.3, -0.25) is 14.9 Å². The predicted octanol–water partition coefficient (Wildman–Crippen LogP) is 3.41. The molecule has 0 radical (unpaired) electrons. The number of hydrogen-bond acceptors (Lipinski definition) is 8. The molecule has 3 aromatic rings. The van der Waals surface area contributed by atoms with Crippen LogP contribution in [0.4, 0.5) is 26.9 Å². The monoisotopic (exact) mass is 522 g/mol. The molecular weight excluding hydrogens is 488 g/mol. The molecule has 2 aliphatic rings. The number of methoxy groups -OCH3 is 1. The van der Waals surface area contributed by atoms with E-state index < -0.39 is 5.60 Å². The number of hydrogen-bond donors (Lipinski definition) is 1. The molecule has 3 amide bonds. The summed E-state index contributed by atoms with van der Waals surface area (Å²) in [7, 11) is 3.35. The molecule has 5 heterocycles. The van der Waals surface area contributed by atoms with Gasteiger partial charge in [-0.05, 0) is 46.2 Å². The van der Waals surface area contributed by atoms with Gasteiger partial charge in [-0.1, -0.05) is 0 Å². The van der Waals surface area contributed by atoms with Gasteiger partial charge in [-0.2, -0.15) is 10.1 Å². The lowest BCUT2D eigenvalue weighted by Crippen LogP contribution is -2.55. The third-order valence-corrected chi connectivity index (χ3v) is 6.69. The van der Waals surface area contributed by atoms with E-state index in [1.807, 2.05) is 47.0 Å². The summed E-state index contributed by atoms with van der Waals surface area (Å²) in [6.07, 6.45) is 3.97. The molecular formula is C26H34N8O4. The number of carbonyl (C=O) groups is 2. The summed E-state index contributed by atoms with van der Waals surface area (Å²) in [5.74, 6) is 1.36. The van der Waals surface area contributed by atoms with Crippen molar-refractivity contribution in [3.63, 3.8) is 0 Å². The van der Waals surface area contributed by atoms with Gasteiger partial charge in [0.2, 0.25) is 5.88 Å². The van der Waals surface area contributed by atoms with Crippen LogP contribution in [0.1, 0.15) is 33.3 Å². The number of fused-ring (bicyclic) bond motifs is 2. The van der Waals surface area contributed by atoms with Crippen LogP contribution in [0.25, 0.3) is 10.9 Å². The first kappa shape index (κ1) is 25.6. The third kappa shape index (κ3) is 4.90. The Hall–Kier alpha value is -4.09. The van der Waals surface area contributed by atoms with Gasteiger partial charge in [0, 0.05) is 68.3 Å². The molecule has 5 rings (SSSR count). The number of nitrogens with one attached hydrogen (secondary N) is 1. The topological polar surface area (TPSA) is 118 Å². The zero-order valence-electron chi connectivity index (χ0n) is 22.7. The summed E-state index contributed by atoms with van der Waals surface area (Å²) in [6, 6.07) is 3.43. The first-order valence-electron chi connectivity index (χ1n) is 12.7. The lowest BCUT2D eigenvalue weighted by molar-refractivity contribution is 0.0159. The highest BCUT2D eigenvalue weighted by Crippen LogP contribution is 2.35. The fourth-order valence-corrected chi connectivity index (χ4v) is 5.04. The summed E-state index contributed by atoms with van der Waals surface area (Å²) in [6.45, 7) is 10.0. The molecule has 0 aliphatic carbocycles. The molecule has 1 saturated heterocycles. The van der Waals surface area contributed by atoms with E-state index in [0.717, 1.165) is 16.6 Å². The van der Waals surface area contributed by atoms with Gasteiger partial charge in [0.05, 0.1) is 7.11 Å². The van der Waals surface area contributed by atoms with Crippen LogP contribution < -0.4 is 19.9 Å². The maximum absolute atomic E-state index is 13.3. The van der Waals surface area contributed by atoms with Crippen LogP contribution in [0.2, 0.25) is 0 Å². The molecule has 0 spiro atoms. The van der Waals surface area contributed by atoms with Crippen molar-refractivity contribution in [3.8, 4) is 5.88 Å². The molecule has 202 valence electrons. The average molecular weight is 523 g/mol. The number of aryl methyl sites for hydroxylation is 1. The van der Waals surface area contributed by atoms with Crippen LogP contribution in [0.15, 0.2) is 24.5 Å². The molecule has 0 aromatic carbocycles. The summed E-state index contributed by atoms with van der Waals surface area (Å²) >= 11 is 0. The average Bonchev–Trinajstić information content (AvgIpc) is 3.45. The van der Waals surface area contributed by atoms with E-state index in [9.17, 15) is 9.59 Å². The number of piperazine rings is 1. The summed E-state index contributed by atoms with van der Waals surface area (Å²) < 4.78 is 12.6. The minimum Gasteiger partial charge on any atom is -0.479 e. The minimum atomic E-state index is -0.533. The largest absolute Gasteiger partial charge is 0.479 e. The maximum atomic E-state index is 13.3. The smallest absolute Gasteiger partial charge is 0.410 e. The molecule has 0 bridgehead atoms. The quantitative estimate of drug-likeness (QED) is 0.556. The lowest BCUT2D eigenvalue weighted by Gasteiger charge is -2.41. The molecule has 1 atom stereocenters.